The van der Waals surface area contributed by atoms with Gasteiger partial charge in [-0.15, -0.1) is 0 Å². The van der Waals surface area contributed by atoms with Gasteiger partial charge in [-0.25, -0.2) is 0 Å². The van der Waals surface area contributed by atoms with Crippen LogP contribution in [0.25, 0.3) is 0 Å². The molecule has 1 atom stereocenters. The van der Waals surface area contributed by atoms with E-state index in [-0.39, 0.29) is 11.5 Å². The molecule has 4 heteroatoms. The predicted molar refractivity (Wildman–Crippen MR) is 70.5 cm³/mol. The molecule has 0 aliphatic heterocycles. The molecule has 0 saturated heterocycles. The van der Waals surface area contributed by atoms with Crippen molar-refractivity contribution in [1.29, 1.82) is 0 Å². The maximum absolute atomic E-state index is 6.25. The minimum atomic E-state index is -0.159. The zero-order chi connectivity index (χ0) is 12.3. The summed E-state index contributed by atoms with van der Waals surface area (Å²) in [6.45, 7) is 4.64. The van der Waals surface area contributed by atoms with Crippen LogP contribution in [0.4, 0.5) is 0 Å². The molecule has 3 nitrogen and oxygen atoms in total. The topological polar surface area (TPSA) is 61.3 Å². The van der Waals surface area contributed by atoms with E-state index in [2.05, 4.69) is 29.8 Å². The Morgan fingerprint density at radius 3 is 2.56 bits per heavy atom. The first-order chi connectivity index (χ1) is 7.42. The van der Waals surface area contributed by atoms with Gasteiger partial charge in [-0.2, -0.15) is 0 Å². The number of benzene rings is 1. The lowest BCUT2D eigenvalue weighted by Gasteiger charge is -2.31. The van der Waals surface area contributed by atoms with Gasteiger partial charge in [-0.1, -0.05) is 29.8 Å². The molecule has 4 N–H and O–H groups in total. The Hall–Kier alpha value is -0.580. The molecule has 1 aromatic carbocycles. The number of methoxy groups -OCH3 is 1. The van der Waals surface area contributed by atoms with Gasteiger partial charge in [0.1, 0.15) is 5.75 Å². The van der Waals surface area contributed by atoms with Gasteiger partial charge in [0.05, 0.1) is 7.11 Å². The third-order valence-corrected chi connectivity index (χ3v) is 3.39. The monoisotopic (exact) mass is 286 g/mol. The SMILES string of the molecule is COc1ccc(Br)cc1C(N)C(C)(C)CN. The first kappa shape index (κ1) is 13.5. The maximum atomic E-state index is 6.25. The number of hydrogen-bond acceptors (Lipinski definition) is 3. The molecular weight excluding hydrogens is 268 g/mol. The zero-order valence-corrected chi connectivity index (χ0v) is 11.5. The molecule has 1 unspecified atom stereocenters. The van der Waals surface area contributed by atoms with Crippen LogP contribution in [0.3, 0.4) is 0 Å². The summed E-state index contributed by atoms with van der Waals surface area (Å²) in [6.07, 6.45) is 0. The Morgan fingerprint density at radius 2 is 2.06 bits per heavy atom. The van der Waals surface area contributed by atoms with Crippen molar-refractivity contribution in [2.24, 2.45) is 16.9 Å². The summed E-state index contributed by atoms with van der Waals surface area (Å²) in [7, 11) is 1.65. The highest BCUT2D eigenvalue weighted by Crippen LogP contribution is 2.36. The average molecular weight is 287 g/mol. The first-order valence-corrected chi connectivity index (χ1v) is 6.00. The van der Waals surface area contributed by atoms with E-state index in [1.54, 1.807) is 7.11 Å². The highest BCUT2D eigenvalue weighted by Gasteiger charge is 2.28. The van der Waals surface area contributed by atoms with Gasteiger partial charge in [0.15, 0.2) is 0 Å². The standard InChI is InChI=1S/C12H19BrN2O/c1-12(2,7-14)11(15)9-6-8(13)4-5-10(9)16-3/h4-6,11H,7,14-15H2,1-3H3. The fourth-order valence-corrected chi connectivity index (χ4v) is 1.87. The fraction of sp³-hybridized carbons (Fsp3) is 0.500. The molecule has 0 heterocycles. The second kappa shape index (κ2) is 5.17. The quantitative estimate of drug-likeness (QED) is 0.894. The smallest absolute Gasteiger partial charge is 0.123 e. The van der Waals surface area contributed by atoms with Crippen molar-refractivity contribution >= 4 is 15.9 Å². The third kappa shape index (κ3) is 2.75. The van der Waals surface area contributed by atoms with Gasteiger partial charge >= 0.3 is 0 Å². The molecule has 0 fully saturated rings. The van der Waals surface area contributed by atoms with Gasteiger partial charge in [0.25, 0.3) is 0 Å². The lowest BCUT2D eigenvalue weighted by molar-refractivity contribution is 0.292. The van der Waals surface area contributed by atoms with Crippen LogP contribution in [-0.4, -0.2) is 13.7 Å². The second-order valence-electron chi connectivity index (χ2n) is 4.56. The van der Waals surface area contributed by atoms with E-state index in [0.717, 1.165) is 15.8 Å². The molecular formula is C12H19BrN2O. The van der Waals surface area contributed by atoms with Gasteiger partial charge < -0.3 is 16.2 Å². The number of halogens is 1. The van der Waals surface area contributed by atoms with E-state index in [9.17, 15) is 0 Å². The van der Waals surface area contributed by atoms with Crippen LogP contribution in [-0.2, 0) is 0 Å². The molecule has 0 aliphatic rings. The van der Waals surface area contributed by atoms with Crippen molar-refractivity contribution in [3.05, 3.63) is 28.2 Å². The zero-order valence-electron chi connectivity index (χ0n) is 9.96. The molecule has 0 spiro atoms. The summed E-state index contributed by atoms with van der Waals surface area (Å²) in [5, 5.41) is 0. The Kier molecular flexibility index (Phi) is 4.35. The van der Waals surface area contributed by atoms with Crippen LogP contribution in [0.1, 0.15) is 25.5 Å². The Morgan fingerprint density at radius 1 is 1.44 bits per heavy atom. The number of nitrogens with two attached hydrogens (primary N) is 2. The van der Waals surface area contributed by atoms with Gasteiger partial charge in [0.2, 0.25) is 0 Å². The number of hydrogen-bond donors (Lipinski definition) is 2. The minimum Gasteiger partial charge on any atom is -0.496 e. The van der Waals surface area contributed by atoms with E-state index in [1.807, 2.05) is 18.2 Å². The summed E-state index contributed by atoms with van der Waals surface area (Å²) in [4.78, 5) is 0. The van der Waals surface area contributed by atoms with Crippen molar-refractivity contribution in [2.45, 2.75) is 19.9 Å². The minimum absolute atomic E-state index is 0.148. The van der Waals surface area contributed by atoms with Crippen molar-refractivity contribution in [3.63, 3.8) is 0 Å². The summed E-state index contributed by atoms with van der Waals surface area (Å²) in [5.74, 6) is 0.803. The Balaban J connectivity index is 3.16. The van der Waals surface area contributed by atoms with Crippen molar-refractivity contribution in [2.75, 3.05) is 13.7 Å². The predicted octanol–water partition coefficient (Wildman–Crippen LogP) is 2.44. The van der Waals surface area contributed by atoms with Gasteiger partial charge in [-0.05, 0) is 30.2 Å². The van der Waals surface area contributed by atoms with Crippen molar-refractivity contribution < 1.29 is 4.74 Å². The highest BCUT2D eigenvalue weighted by molar-refractivity contribution is 9.10. The van der Waals surface area contributed by atoms with Crippen molar-refractivity contribution in [3.8, 4) is 5.75 Å². The summed E-state index contributed by atoms with van der Waals surface area (Å²) in [5.41, 5.74) is 12.8. The van der Waals surface area contributed by atoms with E-state index in [4.69, 9.17) is 16.2 Å². The van der Waals surface area contributed by atoms with Crippen LogP contribution < -0.4 is 16.2 Å². The van der Waals surface area contributed by atoms with Crippen LogP contribution >= 0.6 is 15.9 Å². The molecule has 0 radical (unpaired) electrons. The number of ether oxygens (including phenoxy) is 1. The summed E-state index contributed by atoms with van der Waals surface area (Å²) >= 11 is 3.44. The fourth-order valence-electron chi connectivity index (χ4n) is 1.50. The van der Waals surface area contributed by atoms with Gasteiger partial charge in [0, 0.05) is 16.1 Å². The molecule has 1 aromatic rings. The number of rotatable bonds is 4. The highest BCUT2D eigenvalue weighted by atomic mass is 79.9. The van der Waals surface area contributed by atoms with E-state index < -0.39 is 0 Å². The van der Waals surface area contributed by atoms with Crippen LogP contribution in [0.5, 0.6) is 5.75 Å². The maximum Gasteiger partial charge on any atom is 0.123 e. The third-order valence-electron chi connectivity index (χ3n) is 2.89. The van der Waals surface area contributed by atoms with E-state index >= 15 is 0 Å². The Labute approximate surface area is 105 Å². The molecule has 90 valence electrons. The largest absolute Gasteiger partial charge is 0.496 e. The normalized spacial score (nSPS) is 13.6. The van der Waals surface area contributed by atoms with Gasteiger partial charge in [-0.3, -0.25) is 0 Å². The molecule has 16 heavy (non-hydrogen) atoms. The first-order valence-electron chi connectivity index (χ1n) is 5.21. The summed E-state index contributed by atoms with van der Waals surface area (Å²) < 4.78 is 6.31. The van der Waals surface area contributed by atoms with E-state index in [0.29, 0.717) is 6.54 Å². The molecule has 1 rings (SSSR count). The molecule has 0 saturated carbocycles. The average Bonchev–Trinajstić information content (AvgIpc) is 2.28. The summed E-state index contributed by atoms with van der Waals surface area (Å²) in [6, 6.07) is 5.68. The molecule has 0 aliphatic carbocycles. The van der Waals surface area contributed by atoms with E-state index in [1.165, 1.54) is 0 Å². The molecule has 0 bridgehead atoms. The van der Waals surface area contributed by atoms with Crippen LogP contribution in [0, 0.1) is 5.41 Å². The molecule has 0 amide bonds. The lowest BCUT2D eigenvalue weighted by atomic mass is 9.81. The van der Waals surface area contributed by atoms with Crippen LogP contribution in [0.15, 0.2) is 22.7 Å². The van der Waals surface area contributed by atoms with Crippen molar-refractivity contribution in [1.82, 2.24) is 0 Å². The lowest BCUT2D eigenvalue weighted by Crippen LogP contribution is -2.36. The Bertz CT molecular complexity index is 366. The van der Waals surface area contributed by atoms with Crippen LogP contribution in [0.2, 0.25) is 0 Å². The second-order valence-corrected chi connectivity index (χ2v) is 5.47. The molecule has 0 aromatic heterocycles.